The average Bonchev–Trinajstić information content (AvgIpc) is 2.35. The van der Waals surface area contributed by atoms with Gasteiger partial charge in [-0.1, -0.05) is 11.6 Å². The van der Waals surface area contributed by atoms with Crippen molar-refractivity contribution >= 4 is 17.9 Å². The van der Waals surface area contributed by atoms with Crippen LogP contribution >= 0.6 is 11.6 Å². The number of ether oxygens (including phenoxy) is 3. The van der Waals surface area contributed by atoms with Crippen molar-refractivity contribution in [3.8, 4) is 11.5 Å². The Morgan fingerprint density at radius 1 is 1.35 bits per heavy atom. The predicted molar refractivity (Wildman–Crippen MR) is 65.4 cm³/mol. The van der Waals surface area contributed by atoms with Crippen LogP contribution in [0.1, 0.15) is 17.3 Å². The van der Waals surface area contributed by atoms with E-state index in [0.29, 0.717) is 48.2 Å². The summed E-state index contributed by atoms with van der Waals surface area (Å²) in [5.74, 6) is 0.871. The molecule has 1 aromatic carbocycles. The van der Waals surface area contributed by atoms with Gasteiger partial charge in [0.15, 0.2) is 11.5 Å². The third-order valence-corrected chi connectivity index (χ3v) is 2.35. The summed E-state index contributed by atoms with van der Waals surface area (Å²) in [5.41, 5.74) is 0.448. The molecule has 0 fully saturated rings. The molecule has 0 unspecified atom stereocenters. The molecule has 0 aliphatic carbocycles. The van der Waals surface area contributed by atoms with Gasteiger partial charge in [-0.25, -0.2) is 0 Å². The van der Waals surface area contributed by atoms with E-state index in [1.165, 1.54) is 13.2 Å². The van der Waals surface area contributed by atoms with Gasteiger partial charge in [-0.2, -0.15) is 0 Å². The Bertz CT molecular complexity index is 379. The van der Waals surface area contributed by atoms with Gasteiger partial charge in [-0.15, -0.1) is 0 Å². The van der Waals surface area contributed by atoms with Crippen LogP contribution in [0.25, 0.3) is 0 Å². The second-order valence-electron chi connectivity index (χ2n) is 3.20. The molecular weight excluding hydrogens is 244 g/mol. The maximum Gasteiger partial charge on any atom is 0.179 e. The highest BCUT2D eigenvalue weighted by molar-refractivity contribution is 6.32. The minimum atomic E-state index is 0.350. The molecule has 94 valence electrons. The molecule has 0 radical (unpaired) electrons. The molecular formula is C12H15ClO4. The molecule has 0 amide bonds. The van der Waals surface area contributed by atoms with Gasteiger partial charge in [0.05, 0.1) is 18.7 Å². The molecule has 1 aromatic rings. The quantitative estimate of drug-likeness (QED) is 0.557. The Hall–Kier alpha value is -1.26. The SMILES string of the molecule is CCOCCOc1c(Cl)cc(C=O)cc1OC. The lowest BCUT2D eigenvalue weighted by atomic mass is 10.2. The molecule has 0 aliphatic rings. The first-order valence-electron chi connectivity index (χ1n) is 5.26. The van der Waals surface area contributed by atoms with Gasteiger partial charge < -0.3 is 14.2 Å². The largest absolute Gasteiger partial charge is 0.493 e. The molecule has 0 saturated heterocycles. The number of carbonyl (C=O) groups excluding carboxylic acids is 1. The maximum atomic E-state index is 10.7. The zero-order chi connectivity index (χ0) is 12.7. The molecule has 17 heavy (non-hydrogen) atoms. The summed E-state index contributed by atoms with van der Waals surface area (Å²) in [7, 11) is 1.50. The number of hydrogen-bond donors (Lipinski definition) is 0. The number of hydrogen-bond acceptors (Lipinski definition) is 4. The summed E-state index contributed by atoms with van der Waals surface area (Å²) < 4.78 is 15.7. The normalized spacial score (nSPS) is 10.1. The van der Waals surface area contributed by atoms with Crippen molar-refractivity contribution in [1.82, 2.24) is 0 Å². The smallest absolute Gasteiger partial charge is 0.179 e. The van der Waals surface area contributed by atoms with Crippen LogP contribution in [0.5, 0.6) is 11.5 Å². The van der Waals surface area contributed by atoms with Crippen LogP contribution in [0.2, 0.25) is 5.02 Å². The lowest BCUT2D eigenvalue weighted by Crippen LogP contribution is -2.07. The van der Waals surface area contributed by atoms with E-state index in [2.05, 4.69) is 0 Å². The molecule has 0 aromatic heterocycles. The van der Waals surface area contributed by atoms with Crippen LogP contribution in [0, 0.1) is 0 Å². The first kappa shape index (κ1) is 13.8. The molecule has 1 rings (SSSR count). The van der Waals surface area contributed by atoms with Gasteiger partial charge in [-0.05, 0) is 19.1 Å². The third-order valence-electron chi connectivity index (χ3n) is 2.07. The van der Waals surface area contributed by atoms with E-state index in [0.717, 1.165) is 0 Å². The Morgan fingerprint density at radius 3 is 2.71 bits per heavy atom. The van der Waals surface area contributed by atoms with Crippen LogP contribution < -0.4 is 9.47 Å². The zero-order valence-corrected chi connectivity index (χ0v) is 10.6. The van der Waals surface area contributed by atoms with Crippen molar-refractivity contribution in [1.29, 1.82) is 0 Å². The highest BCUT2D eigenvalue weighted by Gasteiger charge is 2.11. The summed E-state index contributed by atoms with van der Waals surface area (Å²) in [6.07, 6.45) is 0.707. The van der Waals surface area contributed by atoms with Gasteiger partial charge in [0.2, 0.25) is 0 Å². The first-order valence-corrected chi connectivity index (χ1v) is 5.64. The fourth-order valence-electron chi connectivity index (χ4n) is 1.29. The summed E-state index contributed by atoms with van der Waals surface area (Å²) in [4.78, 5) is 10.7. The molecule has 0 atom stereocenters. The molecule has 0 saturated carbocycles. The molecule has 0 bridgehead atoms. The number of benzene rings is 1. The van der Waals surface area contributed by atoms with E-state index in [1.807, 2.05) is 6.92 Å². The van der Waals surface area contributed by atoms with E-state index in [-0.39, 0.29) is 0 Å². The minimum Gasteiger partial charge on any atom is -0.493 e. The van der Waals surface area contributed by atoms with Crippen molar-refractivity contribution in [2.45, 2.75) is 6.92 Å². The number of rotatable bonds is 7. The van der Waals surface area contributed by atoms with Crippen molar-refractivity contribution < 1.29 is 19.0 Å². The molecule has 4 nitrogen and oxygen atoms in total. The van der Waals surface area contributed by atoms with Gasteiger partial charge in [0.25, 0.3) is 0 Å². The van der Waals surface area contributed by atoms with Crippen molar-refractivity contribution in [2.75, 3.05) is 26.9 Å². The average molecular weight is 259 g/mol. The summed E-state index contributed by atoms with van der Waals surface area (Å²) in [6.45, 7) is 3.40. The highest BCUT2D eigenvalue weighted by Crippen LogP contribution is 2.35. The molecule has 0 heterocycles. The first-order chi connectivity index (χ1) is 8.22. The fraction of sp³-hybridized carbons (Fsp3) is 0.417. The van der Waals surface area contributed by atoms with Crippen LogP contribution in [0.3, 0.4) is 0 Å². The van der Waals surface area contributed by atoms with Gasteiger partial charge in [0, 0.05) is 12.2 Å². The van der Waals surface area contributed by atoms with Gasteiger partial charge in [-0.3, -0.25) is 4.79 Å². The van der Waals surface area contributed by atoms with Crippen LogP contribution in [0.15, 0.2) is 12.1 Å². The highest BCUT2D eigenvalue weighted by atomic mass is 35.5. The second kappa shape index (κ2) is 7.14. The van der Waals surface area contributed by atoms with E-state index >= 15 is 0 Å². The van der Waals surface area contributed by atoms with Crippen molar-refractivity contribution in [3.63, 3.8) is 0 Å². The summed E-state index contributed by atoms with van der Waals surface area (Å²) >= 11 is 6.00. The Labute approximate surface area is 105 Å². The number of halogens is 1. The zero-order valence-electron chi connectivity index (χ0n) is 9.86. The topological polar surface area (TPSA) is 44.8 Å². The molecule has 0 N–H and O–H groups in total. The third kappa shape index (κ3) is 3.91. The molecule has 5 heteroatoms. The van der Waals surface area contributed by atoms with Crippen LogP contribution in [0.4, 0.5) is 0 Å². The second-order valence-corrected chi connectivity index (χ2v) is 3.60. The van der Waals surface area contributed by atoms with Gasteiger partial charge >= 0.3 is 0 Å². The summed E-state index contributed by atoms with van der Waals surface area (Å²) in [5, 5.41) is 0.350. The number of carbonyl (C=O) groups is 1. The standard InChI is InChI=1S/C12H15ClO4/c1-3-16-4-5-17-12-10(13)6-9(8-14)7-11(12)15-2/h6-8H,3-5H2,1-2H3. The van der Waals surface area contributed by atoms with Crippen LogP contribution in [-0.4, -0.2) is 33.2 Å². The van der Waals surface area contributed by atoms with Crippen molar-refractivity contribution in [3.05, 3.63) is 22.7 Å². The maximum absolute atomic E-state index is 10.7. The lowest BCUT2D eigenvalue weighted by Gasteiger charge is -2.12. The van der Waals surface area contributed by atoms with Crippen LogP contribution in [-0.2, 0) is 4.74 Å². The number of methoxy groups -OCH3 is 1. The Morgan fingerprint density at radius 2 is 2.12 bits per heavy atom. The van der Waals surface area contributed by atoms with E-state index in [1.54, 1.807) is 6.07 Å². The molecule has 0 spiro atoms. The Balaban J connectivity index is 2.79. The monoisotopic (exact) mass is 258 g/mol. The molecule has 0 aliphatic heterocycles. The minimum absolute atomic E-state index is 0.350. The van der Waals surface area contributed by atoms with Gasteiger partial charge in [0.1, 0.15) is 12.9 Å². The van der Waals surface area contributed by atoms with E-state index in [9.17, 15) is 4.79 Å². The fourth-order valence-corrected chi connectivity index (χ4v) is 1.57. The summed E-state index contributed by atoms with van der Waals surface area (Å²) in [6, 6.07) is 3.11. The van der Waals surface area contributed by atoms with Crippen molar-refractivity contribution in [2.24, 2.45) is 0 Å². The number of aldehydes is 1. The predicted octanol–water partition coefficient (Wildman–Crippen LogP) is 2.58. The van der Waals surface area contributed by atoms with E-state index in [4.69, 9.17) is 25.8 Å². The van der Waals surface area contributed by atoms with E-state index < -0.39 is 0 Å². The Kier molecular flexibility index (Phi) is 5.80. The lowest BCUT2D eigenvalue weighted by molar-refractivity contribution is 0.108.